The van der Waals surface area contributed by atoms with E-state index >= 15 is 0 Å². The summed E-state index contributed by atoms with van der Waals surface area (Å²) >= 11 is 0. The van der Waals surface area contributed by atoms with Crippen molar-refractivity contribution in [3.63, 3.8) is 0 Å². The summed E-state index contributed by atoms with van der Waals surface area (Å²) in [4.78, 5) is 12.3. The second kappa shape index (κ2) is 4.05. The van der Waals surface area contributed by atoms with Crippen LogP contribution >= 0.6 is 0 Å². The number of hydrogen-bond donors (Lipinski definition) is 0. The molecule has 0 amide bonds. The number of ketones is 1. The third-order valence-electron chi connectivity index (χ3n) is 3.65. The lowest BCUT2D eigenvalue weighted by Crippen LogP contribution is -2.22. The topological polar surface area (TPSA) is 51.2 Å². The third-order valence-corrected chi connectivity index (χ3v) is 5.48. The maximum atomic E-state index is 12.3. The van der Waals surface area contributed by atoms with Gasteiger partial charge in [-0.15, -0.1) is 0 Å². The molecule has 1 aromatic rings. The fraction of sp³-hybridized carbons (Fsp3) is 0.357. The van der Waals surface area contributed by atoms with E-state index < -0.39 is 9.84 Å². The molecule has 18 heavy (non-hydrogen) atoms. The van der Waals surface area contributed by atoms with Crippen LogP contribution in [0, 0.1) is 0 Å². The molecule has 0 N–H and O–H groups in total. The van der Waals surface area contributed by atoms with Crippen molar-refractivity contribution in [1.29, 1.82) is 0 Å². The fourth-order valence-corrected chi connectivity index (χ4v) is 4.58. The van der Waals surface area contributed by atoms with E-state index in [4.69, 9.17) is 0 Å². The van der Waals surface area contributed by atoms with E-state index in [9.17, 15) is 13.2 Å². The van der Waals surface area contributed by atoms with Crippen molar-refractivity contribution in [1.82, 2.24) is 0 Å². The van der Waals surface area contributed by atoms with Crippen molar-refractivity contribution < 1.29 is 13.2 Å². The van der Waals surface area contributed by atoms with Gasteiger partial charge in [-0.1, -0.05) is 24.3 Å². The van der Waals surface area contributed by atoms with Gasteiger partial charge in [-0.05, 0) is 30.4 Å². The third kappa shape index (κ3) is 1.72. The molecular formula is C14H14O3S. The average Bonchev–Trinajstić information content (AvgIpc) is 2.54. The molecule has 0 bridgehead atoms. The van der Waals surface area contributed by atoms with Crippen LogP contribution in [0.3, 0.4) is 0 Å². The van der Waals surface area contributed by atoms with Gasteiger partial charge >= 0.3 is 0 Å². The number of allylic oxidation sites excluding steroid dienone is 1. The molecule has 0 unspecified atom stereocenters. The highest BCUT2D eigenvalue weighted by Crippen LogP contribution is 2.37. The Hall–Kier alpha value is -1.42. The van der Waals surface area contributed by atoms with E-state index in [1.807, 2.05) is 24.3 Å². The van der Waals surface area contributed by atoms with E-state index in [1.54, 1.807) is 0 Å². The minimum absolute atomic E-state index is 0.0107. The van der Waals surface area contributed by atoms with Gasteiger partial charge in [0.1, 0.15) is 0 Å². The smallest absolute Gasteiger partial charge is 0.179 e. The molecule has 0 atom stereocenters. The van der Waals surface area contributed by atoms with E-state index in [1.165, 1.54) is 0 Å². The minimum atomic E-state index is -3.29. The minimum Gasteiger partial charge on any atom is -0.294 e. The zero-order valence-electron chi connectivity index (χ0n) is 9.98. The number of fused-ring (bicyclic) bond motifs is 2. The SMILES string of the molecule is O=C1CCS(=O)(=O)C2=C1CCCc1ccccc12. The van der Waals surface area contributed by atoms with Gasteiger partial charge in [0.25, 0.3) is 0 Å². The zero-order valence-corrected chi connectivity index (χ0v) is 10.8. The maximum absolute atomic E-state index is 12.3. The Kier molecular flexibility index (Phi) is 2.63. The van der Waals surface area contributed by atoms with Crippen LogP contribution in [0.1, 0.15) is 30.4 Å². The summed E-state index contributed by atoms with van der Waals surface area (Å²) in [6.07, 6.45) is 2.41. The molecule has 0 aromatic heterocycles. The lowest BCUT2D eigenvalue weighted by atomic mass is 10.0. The van der Waals surface area contributed by atoms with Gasteiger partial charge < -0.3 is 0 Å². The van der Waals surface area contributed by atoms with E-state index in [0.29, 0.717) is 16.9 Å². The summed E-state index contributed by atoms with van der Waals surface area (Å²) < 4.78 is 24.5. The summed E-state index contributed by atoms with van der Waals surface area (Å²) in [6, 6.07) is 7.54. The van der Waals surface area contributed by atoms with Gasteiger partial charge in [-0.2, -0.15) is 0 Å². The van der Waals surface area contributed by atoms with Gasteiger partial charge in [0, 0.05) is 12.0 Å². The monoisotopic (exact) mass is 262 g/mol. The van der Waals surface area contributed by atoms with Crippen molar-refractivity contribution in [2.24, 2.45) is 0 Å². The van der Waals surface area contributed by atoms with Crippen LogP contribution in [0.4, 0.5) is 0 Å². The van der Waals surface area contributed by atoms with Crippen molar-refractivity contribution in [2.75, 3.05) is 5.75 Å². The zero-order chi connectivity index (χ0) is 12.8. The Morgan fingerprint density at radius 3 is 2.61 bits per heavy atom. The number of sulfone groups is 1. The molecule has 0 radical (unpaired) electrons. The van der Waals surface area contributed by atoms with Crippen molar-refractivity contribution in [2.45, 2.75) is 25.7 Å². The first-order valence-electron chi connectivity index (χ1n) is 6.17. The molecule has 3 rings (SSSR count). The number of Topliss-reactive ketones (excluding diaryl/α,β-unsaturated/α-hetero) is 1. The highest BCUT2D eigenvalue weighted by Gasteiger charge is 2.34. The van der Waals surface area contributed by atoms with E-state index in [2.05, 4.69) is 0 Å². The molecule has 0 saturated heterocycles. The quantitative estimate of drug-likeness (QED) is 0.719. The summed E-state index contributed by atoms with van der Waals surface area (Å²) in [5.74, 6) is -0.0320. The predicted octanol–water partition coefficient (Wildman–Crippen LogP) is 2.12. The first kappa shape index (κ1) is 11.7. The van der Waals surface area contributed by atoms with E-state index in [0.717, 1.165) is 24.0 Å². The van der Waals surface area contributed by atoms with Crippen LogP contribution in [0.25, 0.3) is 4.91 Å². The summed E-state index contributed by atoms with van der Waals surface area (Å²) in [5.41, 5.74) is 2.32. The number of rotatable bonds is 0. The predicted molar refractivity (Wildman–Crippen MR) is 69.7 cm³/mol. The number of benzene rings is 1. The highest BCUT2D eigenvalue weighted by atomic mass is 32.2. The lowest BCUT2D eigenvalue weighted by Gasteiger charge is -2.19. The van der Waals surface area contributed by atoms with Crippen LogP contribution in [0.5, 0.6) is 0 Å². The molecule has 0 fully saturated rings. The molecule has 1 aromatic carbocycles. The molecule has 0 spiro atoms. The van der Waals surface area contributed by atoms with Crippen LogP contribution < -0.4 is 0 Å². The molecule has 3 nitrogen and oxygen atoms in total. The summed E-state index contributed by atoms with van der Waals surface area (Å²) in [7, 11) is -3.29. The molecule has 1 aliphatic heterocycles. The normalized spacial score (nSPS) is 22.1. The molecule has 2 aliphatic rings. The number of hydrogen-bond acceptors (Lipinski definition) is 3. The number of carbonyl (C=O) groups excluding carboxylic acids is 1. The van der Waals surface area contributed by atoms with Gasteiger partial charge in [0.05, 0.1) is 10.7 Å². The Labute approximate surface area is 106 Å². The molecule has 1 heterocycles. The van der Waals surface area contributed by atoms with Gasteiger partial charge in [0.15, 0.2) is 15.6 Å². The van der Waals surface area contributed by atoms with Gasteiger partial charge in [0.2, 0.25) is 0 Å². The summed E-state index contributed by atoms with van der Waals surface area (Å²) in [6.45, 7) is 0. The Morgan fingerprint density at radius 2 is 1.78 bits per heavy atom. The van der Waals surface area contributed by atoms with Crippen molar-refractivity contribution in [3.05, 3.63) is 41.0 Å². The molecule has 1 aliphatic carbocycles. The van der Waals surface area contributed by atoms with Crippen molar-refractivity contribution >= 4 is 20.5 Å². The second-order valence-electron chi connectivity index (χ2n) is 4.81. The average molecular weight is 262 g/mol. The first-order valence-corrected chi connectivity index (χ1v) is 7.82. The Bertz CT molecular complexity index is 653. The van der Waals surface area contributed by atoms with Crippen LogP contribution in [-0.2, 0) is 21.1 Å². The van der Waals surface area contributed by atoms with Gasteiger partial charge in [-0.3, -0.25) is 4.79 Å². The highest BCUT2D eigenvalue weighted by molar-refractivity contribution is 8.00. The maximum Gasteiger partial charge on any atom is 0.179 e. The molecular weight excluding hydrogens is 248 g/mol. The van der Waals surface area contributed by atoms with Crippen LogP contribution in [0.15, 0.2) is 29.8 Å². The standard InChI is InChI=1S/C14H14O3S/c15-13-8-9-18(16,17)14-11-6-2-1-4-10(11)5-3-7-12(13)14/h1-2,4,6H,3,5,7-9H2. The first-order chi connectivity index (χ1) is 8.59. The van der Waals surface area contributed by atoms with Crippen LogP contribution in [0.2, 0.25) is 0 Å². The summed E-state index contributed by atoms with van der Waals surface area (Å²) in [5, 5.41) is 0. The molecule has 94 valence electrons. The fourth-order valence-electron chi connectivity index (χ4n) is 2.79. The van der Waals surface area contributed by atoms with E-state index in [-0.39, 0.29) is 18.0 Å². The number of aryl methyl sites for hydroxylation is 1. The Balaban J connectivity index is 2.34. The van der Waals surface area contributed by atoms with Crippen LogP contribution in [-0.4, -0.2) is 20.0 Å². The largest absolute Gasteiger partial charge is 0.294 e. The Morgan fingerprint density at radius 1 is 1.00 bits per heavy atom. The van der Waals surface area contributed by atoms with Gasteiger partial charge in [-0.25, -0.2) is 8.42 Å². The lowest BCUT2D eigenvalue weighted by molar-refractivity contribution is -0.115. The van der Waals surface area contributed by atoms with Crippen molar-refractivity contribution in [3.8, 4) is 0 Å². The second-order valence-corrected chi connectivity index (χ2v) is 6.86. The number of carbonyl (C=O) groups is 1. The molecule has 0 saturated carbocycles. The molecule has 4 heteroatoms.